The summed E-state index contributed by atoms with van der Waals surface area (Å²) in [7, 11) is 0. The first-order chi connectivity index (χ1) is 9.50. The molecule has 0 saturated heterocycles. The van der Waals surface area contributed by atoms with Crippen LogP contribution in [0.4, 0.5) is 13.2 Å². The number of halogens is 3. The van der Waals surface area contributed by atoms with Gasteiger partial charge in [-0.2, -0.15) is 13.2 Å². The Bertz CT molecular complexity index is 565. The van der Waals surface area contributed by atoms with Gasteiger partial charge < -0.3 is 5.32 Å². The SMILES string of the molecule is CCNCc1cnc(-c2cccc(C(F)(F)F)c2)nc1. The molecule has 0 saturated carbocycles. The van der Waals surface area contributed by atoms with Crippen LogP contribution in [-0.4, -0.2) is 16.5 Å². The van der Waals surface area contributed by atoms with E-state index in [0.29, 0.717) is 12.1 Å². The molecule has 0 amide bonds. The molecule has 1 N–H and O–H groups in total. The second kappa shape index (κ2) is 6.00. The molecule has 0 aliphatic heterocycles. The summed E-state index contributed by atoms with van der Waals surface area (Å²) in [6.45, 7) is 3.45. The van der Waals surface area contributed by atoms with E-state index in [-0.39, 0.29) is 5.82 Å². The summed E-state index contributed by atoms with van der Waals surface area (Å²) in [6.07, 6.45) is -1.13. The van der Waals surface area contributed by atoms with Gasteiger partial charge in [-0.1, -0.05) is 19.1 Å². The minimum absolute atomic E-state index is 0.288. The van der Waals surface area contributed by atoms with Crippen LogP contribution in [0.1, 0.15) is 18.1 Å². The molecule has 20 heavy (non-hydrogen) atoms. The molecule has 1 aromatic heterocycles. The van der Waals surface area contributed by atoms with Crippen molar-refractivity contribution in [2.24, 2.45) is 0 Å². The minimum atomic E-state index is -4.36. The lowest BCUT2D eigenvalue weighted by Crippen LogP contribution is -2.12. The van der Waals surface area contributed by atoms with Crippen LogP contribution in [0.3, 0.4) is 0 Å². The van der Waals surface area contributed by atoms with Crippen LogP contribution in [-0.2, 0) is 12.7 Å². The number of aromatic nitrogens is 2. The van der Waals surface area contributed by atoms with Crippen LogP contribution >= 0.6 is 0 Å². The number of benzene rings is 1. The molecule has 0 aliphatic carbocycles. The first kappa shape index (κ1) is 14.5. The Hall–Kier alpha value is -1.95. The summed E-state index contributed by atoms with van der Waals surface area (Å²) >= 11 is 0. The predicted octanol–water partition coefficient (Wildman–Crippen LogP) is 3.27. The Kier molecular flexibility index (Phi) is 4.34. The molecule has 2 aromatic rings. The standard InChI is InChI=1S/C14H14F3N3/c1-2-18-7-10-8-19-13(20-9-10)11-4-3-5-12(6-11)14(15,16)17/h3-6,8-9,18H,2,7H2,1H3. The third-order valence-corrected chi connectivity index (χ3v) is 2.73. The fraction of sp³-hybridized carbons (Fsp3) is 0.286. The molecule has 106 valence electrons. The van der Waals surface area contributed by atoms with Gasteiger partial charge in [-0.3, -0.25) is 0 Å². The van der Waals surface area contributed by atoms with Crippen molar-refractivity contribution in [3.05, 3.63) is 47.8 Å². The van der Waals surface area contributed by atoms with Gasteiger partial charge in [0.25, 0.3) is 0 Å². The topological polar surface area (TPSA) is 37.8 Å². The second-order valence-electron chi connectivity index (χ2n) is 4.27. The van der Waals surface area contributed by atoms with Gasteiger partial charge in [0.2, 0.25) is 0 Å². The molecule has 1 aromatic carbocycles. The molecule has 2 rings (SSSR count). The molecule has 0 atom stereocenters. The Balaban J connectivity index is 2.23. The molecule has 0 radical (unpaired) electrons. The van der Waals surface area contributed by atoms with E-state index >= 15 is 0 Å². The zero-order chi connectivity index (χ0) is 14.6. The van der Waals surface area contributed by atoms with Gasteiger partial charge in [0.05, 0.1) is 5.56 Å². The van der Waals surface area contributed by atoms with Crippen LogP contribution in [0, 0.1) is 0 Å². The lowest BCUT2D eigenvalue weighted by atomic mass is 10.1. The van der Waals surface area contributed by atoms with Crippen LogP contribution < -0.4 is 5.32 Å². The highest BCUT2D eigenvalue weighted by Gasteiger charge is 2.30. The van der Waals surface area contributed by atoms with E-state index in [1.54, 1.807) is 18.5 Å². The zero-order valence-corrected chi connectivity index (χ0v) is 10.9. The molecular formula is C14H14F3N3. The van der Waals surface area contributed by atoms with Crippen molar-refractivity contribution in [2.45, 2.75) is 19.6 Å². The van der Waals surface area contributed by atoms with Gasteiger partial charge in [0.15, 0.2) is 5.82 Å². The maximum atomic E-state index is 12.6. The Morgan fingerprint density at radius 1 is 1.15 bits per heavy atom. The predicted molar refractivity (Wildman–Crippen MR) is 69.9 cm³/mol. The van der Waals surface area contributed by atoms with Gasteiger partial charge in [-0.25, -0.2) is 9.97 Å². The molecule has 0 aliphatic rings. The van der Waals surface area contributed by atoms with E-state index in [2.05, 4.69) is 15.3 Å². The number of rotatable bonds is 4. The number of nitrogens with zero attached hydrogens (tertiary/aromatic N) is 2. The van der Waals surface area contributed by atoms with E-state index in [1.807, 2.05) is 6.92 Å². The Morgan fingerprint density at radius 2 is 1.85 bits per heavy atom. The first-order valence-electron chi connectivity index (χ1n) is 6.20. The number of hydrogen-bond donors (Lipinski definition) is 1. The fourth-order valence-electron chi connectivity index (χ4n) is 1.70. The average molecular weight is 281 g/mol. The normalized spacial score (nSPS) is 11.6. The summed E-state index contributed by atoms with van der Waals surface area (Å²) in [5.41, 5.74) is 0.549. The molecular weight excluding hydrogens is 267 g/mol. The molecule has 1 heterocycles. The van der Waals surface area contributed by atoms with Crippen molar-refractivity contribution < 1.29 is 13.2 Å². The lowest BCUT2D eigenvalue weighted by molar-refractivity contribution is -0.137. The second-order valence-corrected chi connectivity index (χ2v) is 4.27. The molecule has 0 unspecified atom stereocenters. The quantitative estimate of drug-likeness (QED) is 0.934. The van der Waals surface area contributed by atoms with Crippen LogP contribution in [0.25, 0.3) is 11.4 Å². The highest BCUT2D eigenvalue weighted by molar-refractivity contribution is 5.56. The summed E-state index contributed by atoms with van der Waals surface area (Å²) < 4.78 is 37.9. The third-order valence-electron chi connectivity index (χ3n) is 2.73. The van der Waals surface area contributed by atoms with Gasteiger partial charge in [-0.05, 0) is 18.7 Å². The van der Waals surface area contributed by atoms with Gasteiger partial charge in [-0.15, -0.1) is 0 Å². The largest absolute Gasteiger partial charge is 0.416 e. The van der Waals surface area contributed by atoms with Crippen LogP contribution in [0.15, 0.2) is 36.7 Å². The number of hydrogen-bond acceptors (Lipinski definition) is 3. The van der Waals surface area contributed by atoms with Crippen molar-refractivity contribution in [2.75, 3.05) is 6.54 Å². The zero-order valence-electron chi connectivity index (χ0n) is 10.9. The monoisotopic (exact) mass is 281 g/mol. The number of nitrogens with one attached hydrogen (secondary N) is 1. The summed E-state index contributed by atoms with van der Waals surface area (Å²) in [5.74, 6) is 0.288. The highest BCUT2D eigenvalue weighted by Crippen LogP contribution is 2.31. The minimum Gasteiger partial charge on any atom is -0.313 e. The number of alkyl halides is 3. The van der Waals surface area contributed by atoms with Crippen molar-refractivity contribution >= 4 is 0 Å². The smallest absolute Gasteiger partial charge is 0.313 e. The van der Waals surface area contributed by atoms with Crippen LogP contribution in [0.5, 0.6) is 0 Å². The fourth-order valence-corrected chi connectivity index (χ4v) is 1.70. The summed E-state index contributed by atoms with van der Waals surface area (Å²) in [5, 5.41) is 3.12. The molecule has 3 nitrogen and oxygen atoms in total. The first-order valence-corrected chi connectivity index (χ1v) is 6.20. The molecule has 0 fully saturated rings. The lowest BCUT2D eigenvalue weighted by Gasteiger charge is -2.08. The van der Waals surface area contributed by atoms with Crippen molar-refractivity contribution in [3.8, 4) is 11.4 Å². The van der Waals surface area contributed by atoms with Gasteiger partial charge in [0, 0.05) is 30.1 Å². The van der Waals surface area contributed by atoms with Crippen molar-refractivity contribution in [1.82, 2.24) is 15.3 Å². The van der Waals surface area contributed by atoms with E-state index in [9.17, 15) is 13.2 Å². The highest BCUT2D eigenvalue weighted by atomic mass is 19.4. The summed E-state index contributed by atoms with van der Waals surface area (Å²) in [4.78, 5) is 8.21. The maximum Gasteiger partial charge on any atom is 0.416 e. The summed E-state index contributed by atoms with van der Waals surface area (Å²) in [6, 6.07) is 5.00. The van der Waals surface area contributed by atoms with E-state index < -0.39 is 11.7 Å². The van der Waals surface area contributed by atoms with E-state index in [1.165, 1.54) is 6.07 Å². The molecule has 0 spiro atoms. The van der Waals surface area contributed by atoms with Crippen LogP contribution in [0.2, 0.25) is 0 Å². The third kappa shape index (κ3) is 3.54. The van der Waals surface area contributed by atoms with E-state index in [4.69, 9.17) is 0 Å². The van der Waals surface area contributed by atoms with Crippen molar-refractivity contribution in [3.63, 3.8) is 0 Å². The van der Waals surface area contributed by atoms with E-state index in [0.717, 1.165) is 24.2 Å². The van der Waals surface area contributed by atoms with Gasteiger partial charge >= 0.3 is 6.18 Å². The average Bonchev–Trinajstić information content (AvgIpc) is 2.45. The molecule has 6 heteroatoms. The van der Waals surface area contributed by atoms with Crippen molar-refractivity contribution in [1.29, 1.82) is 0 Å². The molecule has 0 bridgehead atoms. The maximum absolute atomic E-state index is 12.6. The van der Waals surface area contributed by atoms with Gasteiger partial charge in [0.1, 0.15) is 0 Å². The Morgan fingerprint density at radius 3 is 2.45 bits per heavy atom. The Labute approximate surface area is 114 Å².